The standard InChI is InChI=1S/C13H13NO2/c1-14-10-5-3-2-4-8(10)12-9(13(15)16)6-7-11(12)14/h2-5,9H,6-7H2,1H3,(H,15,16)/t9-/m1/s1. The van der Waals surface area contributed by atoms with Crippen molar-refractivity contribution < 1.29 is 9.90 Å². The molecule has 0 unspecified atom stereocenters. The van der Waals surface area contributed by atoms with Gasteiger partial charge >= 0.3 is 5.97 Å². The van der Waals surface area contributed by atoms with E-state index in [4.69, 9.17) is 0 Å². The molecule has 3 nitrogen and oxygen atoms in total. The maximum atomic E-state index is 11.2. The number of aromatic nitrogens is 1. The van der Waals surface area contributed by atoms with Gasteiger partial charge in [0.05, 0.1) is 5.92 Å². The van der Waals surface area contributed by atoms with E-state index in [2.05, 4.69) is 4.57 Å². The summed E-state index contributed by atoms with van der Waals surface area (Å²) >= 11 is 0. The topological polar surface area (TPSA) is 42.2 Å². The van der Waals surface area contributed by atoms with Crippen molar-refractivity contribution in [3.8, 4) is 0 Å². The van der Waals surface area contributed by atoms with Gasteiger partial charge in [0.15, 0.2) is 0 Å². The molecule has 1 aromatic heterocycles. The Bertz CT molecular complexity index is 583. The number of carboxylic acid groups (broad SMARTS) is 1. The normalized spacial score (nSPS) is 18.9. The van der Waals surface area contributed by atoms with E-state index in [1.165, 1.54) is 5.69 Å². The Balaban J connectivity index is 2.35. The van der Waals surface area contributed by atoms with Gasteiger partial charge in [-0.1, -0.05) is 18.2 Å². The van der Waals surface area contributed by atoms with Gasteiger partial charge in [0.2, 0.25) is 0 Å². The molecule has 1 aromatic carbocycles. The lowest BCUT2D eigenvalue weighted by Crippen LogP contribution is -2.07. The van der Waals surface area contributed by atoms with Crippen LogP contribution in [0.25, 0.3) is 10.9 Å². The minimum absolute atomic E-state index is 0.318. The highest BCUT2D eigenvalue weighted by molar-refractivity contribution is 5.92. The summed E-state index contributed by atoms with van der Waals surface area (Å²) in [4.78, 5) is 11.2. The van der Waals surface area contributed by atoms with Crippen molar-refractivity contribution in [2.24, 2.45) is 7.05 Å². The molecule has 0 radical (unpaired) electrons. The lowest BCUT2D eigenvalue weighted by molar-refractivity contribution is -0.138. The van der Waals surface area contributed by atoms with Crippen LogP contribution in [0.3, 0.4) is 0 Å². The first kappa shape index (κ1) is 9.46. The number of hydrogen-bond donors (Lipinski definition) is 1. The average Bonchev–Trinajstić information content (AvgIpc) is 2.81. The number of carbonyl (C=O) groups is 1. The fourth-order valence-electron chi connectivity index (χ4n) is 2.84. The number of nitrogens with zero attached hydrogens (tertiary/aromatic N) is 1. The first-order valence-corrected chi connectivity index (χ1v) is 5.49. The molecule has 0 bridgehead atoms. The monoisotopic (exact) mass is 215 g/mol. The van der Waals surface area contributed by atoms with Crippen molar-refractivity contribution in [2.75, 3.05) is 0 Å². The molecule has 0 fully saturated rings. The fourth-order valence-corrected chi connectivity index (χ4v) is 2.84. The van der Waals surface area contributed by atoms with Crippen LogP contribution >= 0.6 is 0 Å². The molecule has 2 aromatic rings. The van der Waals surface area contributed by atoms with E-state index in [1.54, 1.807) is 0 Å². The zero-order chi connectivity index (χ0) is 11.3. The third kappa shape index (κ3) is 1.06. The number of benzene rings is 1. The second kappa shape index (κ2) is 3.11. The number of hydrogen-bond acceptors (Lipinski definition) is 1. The number of carboxylic acids is 1. The molecule has 1 N–H and O–H groups in total. The van der Waals surface area contributed by atoms with Gasteiger partial charge in [0.1, 0.15) is 0 Å². The van der Waals surface area contributed by atoms with Crippen molar-refractivity contribution >= 4 is 16.9 Å². The van der Waals surface area contributed by atoms with Crippen LogP contribution in [0.4, 0.5) is 0 Å². The second-order valence-corrected chi connectivity index (χ2v) is 4.37. The van der Waals surface area contributed by atoms with Crippen LogP contribution in [0, 0.1) is 0 Å². The molecule has 3 heteroatoms. The van der Waals surface area contributed by atoms with E-state index in [0.29, 0.717) is 0 Å². The second-order valence-electron chi connectivity index (χ2n) is 4.37. The van der Waals surface area contributed by atoms with Gasteiger partial charge in [-0.2, -0.15) is 0 Å². The first-order valence-electron chi connectivity index (χ1n) is 5.49. The summed E-state index contributed by atoms with van der Waals surface area (Å²) in [7, 11) is 2.02. The molecule has 0 saturated carbocycles. The highest BCUT2D eigenvalue weighted by Crippen LogP contribution is 2.40. The van der Waals surface area contributed by atoms with E-state index in [0.717, 1.165) is 29.3 Å². The largest absolute Gasteiger partial charge is 0.481 e. The maximum absolute atomic E-state index is 11.2. The summed E-state index contributed by atoms with van der Waals surface area (Å²) in [5, 5.41) is 10.3. The Labute approximate surface area is 93.3 Å². The minimum atomic E-state index is -0.699. The van der Waals surface area contributed by atoms with E-state index in [9.17, 15) is 9.90 Å². The van der Waals surface area contributed by atoms with Crippen LogP contribution < -0.4 is 0 Å². The number of fused-ring (bicyclic) bond motifs is 3. The molecule has 1 atom stereocenters. The summed E-state index contributed by atoms with van der Waals surface area (Å²) in [6.07, 6.45) is 1.61. The third-order valence-corrected chi connectivity index (χ3v) is 3.59. The first-order chi connectivity index (χ1) is 7.70. The quantitative estimate of drug-likeness (QED) is 0.793. The molecule has 16 heavy (non-hydrogen) atoms. The van der Waals surface area contributed by atoms with Crippen LogP contribution in [0.15, 0.2) is 24.3 Å². The fraction of sp³-hybridized carbons (Fsp3) is 0.308. The van der Waals surface area contributed by atoms with Crippen LogP contribution in [0.2, 0.25) is 0 Å². The minimum Gasteiger partial charge on any atom is -0.481 e. The van der Waals surface area contributed by atoms with Crippen LogP contribution in [0.5, 0.6) is 0 Å². The number of aryl methyl sites for hydroxylation is 1. The molecule has 3 rings (SSSR count). The SMILES string of the molecule is Cn1c2c(c3ccccc31)[C@H](C(=O)O)CC2. The number of rotatable bonds is 1. The molecule has 0 amide bonds. The summed E-state index contributed by atoms with van der Waals surface area (Å²) in [5.41, 5.74) is 3.36. The maximum Gasteiger partial charge on any atom is 0.311 e. The summed E-state index contributed by atoms with van der Waals surface area (Å²) in [6, 6.07) is 8.04. The van der Waals surface area contributed by atoms with Crippen LogP contribution in [-0.2, 0) is 18.3 Å². The molecule has 0 aliphatic heterocycles. The number of para-hydroxylation sites is 1. The Hall–Kier alpha value is -1.77. The van der Waals surface area contributed by atoms with Crippen molar-refractivity contribution in [1.29, 1.82) is 0 Å². The Morgan fingerprint density at radius 3 is 2.94 bits per heavy atom. The zero-order valence-corrected chi connectivity index (χ0v) is 9.10. The van der Waals surface area contributed by atoms with Crippen molar-refractivity contribution in [2.45, 2.75) is 18.8 Å². The third-order valence-electron chi connectivity index (χ3n) is 3.59. The molecular formula is C13H13NO2. The van der Waals surface area contributed by atoms with Crippen LogP contribution in [-0.4, -0.2) is 15.6 Å². The predicted octanol–water partition coefficient (Wildman–Crippen LogP) is 2.29. The van der Waals surface area contributed by atoms with Gasteiger partial charge < -0.3 is 9.67 Å². The molecule has 1 aliphatic carbocycles. The van der Waals surface area contributed by atoms with Crippen molar-refractivity contribution in [3.63, 3.8) is 0 Å². The highest BCUT2D eigenvalue weighted by Gasteiger charge is 2.33. The Kier molecular flexibility index (Phi) is 1.84. The van der Waals surface area contributed by atoms with E-state index < -0.39 is 5.97 Å². The van der Waals surface area contributed by atoms with Crippen molar-refractivity contribution in [3.05, 3.63) is 35.5 Å². The summed E-state index contributed by atoms with van der Waals surface area (Å²) in [6.45, 7) is 0. The molecule has 1 aliphatic rings. The molecule has 1 heterocycles. The van der Waals surface area contributed by atoms with Crippen LogP contribution in [0.1, 0.15) is 23.6 Å². The van der Waals surface area contributed by atoms with Crippen molar-refractivity contribution in [1.82, 2.24) is 4.57 Å². The van der Waals surface area contributed by atoms with Gasteiger partial charge in [0.25, 0.3) is 0 Å². The Morgan fingerprint density at radius 1 is 1.44 bits per heavy atom. The molecule has 82 valence electrons. The number of aliphatic carboxylic acids is 1. The van der Waals surface area contributed by atoms with E-state index in [-0.39, 0.29) is 5.92 Å². The van der Waals surface area contributed by atoms with Gasteiger partial charge in [-0.15, -0.1) is 0 Å². The molecular weight excluding hydrogens is 202 g/mol. The summed E-state index contributed by atoms with van der Waals surface area (Å²) < 4.78 is 2.13. The lowest BCUT2D eigenvalue weighted by atomic mass is 10.0. The smallest absolute Gasteiger partial charge is 0.311 e. The Morgan fingerprint density at radius 2 is 2.19 bits per heavy atom. The van der Waals surface area contributed by atoms with Gasteiger partial charge in [-0.3, -0.25) is 4.79 Å². The van der Waals surface area contributed by atoms with Gasteiger partial charge in [-0.05, 0) is 24.5 Å². The summed E-state index contributed by atoms with van der Waals surface area (Å²) in [5.74, 6) is -1.02. The zero-order valence-electron chi connectivity index (χ0n) is 9.10. The lowest BCUT2D eigenvalue weighted by Gasteiger charge is -2.03. The average molecular weight is 215 g/mol. The van der Waals surface area contributed by atoms with E-state index >= 15 is 0 Å². The predicted molar refractivity (Wildman–Crippen MR) is 61.6 cm³/mol. The highest BCUT2D eigenvalue weighted by atomic mass is 16.4. The van der Waals surface area contributed by atoms with E-state index in [1.807, 2.05) is 31.3 Å². The molecule has 0 spiro atoms. The van der Waals surface area contributed by atoms with Gasteiger partial charge in [0, 0.05) is 23.6 Å². The van der Waals surface area contributed by atoms with Gasteiger partial charge in [-0.25, -0.2) is 0 Å². The molecule has 0 saturated heterocycles.